The normalized spacial score (nSPS) is 19.9. The molecule has 1 atom stereocenters. The predicted molar refractivity (Wildman–Crippen MR) is 75.4 cm³/mol. The Labute approximate surface area is 114 Å². The lowest BCUT2D eigenvalue weighted by molar-refractivity contribution is -0.130. The lowest BCUT2D eigenvalue weighted by Crippen LogP contribution is -2.35. The molecule has 0 saturated carbocycles. The number of amides is 1. The van der Waals surface area contributed by atoms with E-state index in [-0.39, 0.29) is 5.91 Å². The first kappa shape index (κ1) is 13.9. The fraction of sp³-hybridized carbons (Fsp3) is 0.533. The van der Waals surface area contributed by atoms with Crippen molar-refractivity contribution >= 4 is 5.91 Å². The first-order valence-corrected chi connectivity index (χ1v) is 6.83. The highest BCUT2D eigenvalue weighted by Crippen LogP contribution is 2.13. The highest BCUT2D eigenvalue weighted by Gasteiger charge is 2.17. The van der Waals surface area contributed by atoms with Gasteiger partial charge in [0.2, 0.25) is 5.91 Å². The zero-order valence-corrected chi connectivity index (χ0v) is 11.7. The van der Waals surface area contributed by atoms with Gasteiger partial charge in [-0.3, -0.25) is 4.79 Å². The van der Waals surface area contributed by atoms with Gasteiger partial charge in [0.05, 0.1) is 13.5 Å². The molecule has 1 aromatic rings. The van der Waals surface area contributed by atoms with Crippen molar-refractivity contribution < 1.29 is 9.53 Å². The minimum Gasteiger partial charge on any atom is -0.497 e. The van der Waals surface area contributed by atoms with E-state index < -0.39 is 0 Å². The van der Waals surface area contributed by atoms with Gasteiger partial charge in [0.25, 0.3) is 0 Å². The summed E-state index contributed by atoms with van der Waals surface area (Å²) in [6.07, 6.45) is 1.49. The number of hydrogen-bond acceptors (Lipinski definition) is 3. The molecule has 1 aromatic carbocycles. The summed E-state index contributed by atoms with van der Waals surface area (Å²) in [7, 11) is 1.64. The number of ether oxygens (including phenoxy) is 1. The maximum Gasteiger partial charge on any atom is 0.227 e. The highest BCUT2D eigenvalue weighted by molar-refractivity contribution is 5.78. The van der Waals surface area contributed by atoms with E-state index in [0.29, 0.717) is 12.5 Å². The summed E-state index contributed by atoms with van der Waals surface area (Å²) in [6, 6.07) is 8.20. The van der Waals surface area contributed by atoms with Crippen molar-refractivity contribution in [3.63, 3.8) is 0 Å². The summed E-state index contributed by atoms with van der Waals surface area (Å²) in [6.45, 7) is 4.70. The molecule has 1 fully saturated rings. The van der Waals surface area contributed by atoms with Crippen molar-refractivity contribution in [2.24, 2.45) is 0 Å². The second-order valence-corrected chi connectivity index (χ2v) is 5.05. The van der Waals surface area contributed by atoms with E-state index >= 15 is 0 Å². The molecule has 0 aliphatic carbocycles. The van der Waals surface area contributed by atoms with Crippen LogP contribution in [0.5, 0.6) is 5.75 Å². The van der Waals surface area contributed by atoms with Crippen molar-refractivity contribution in [3.05, 3.63) is 29.8 Å². The molecular formula is C15H22N2O2. The fourth-order valence-electron chi connectivity index (χ4n) is 2.29. The van der Waals surface area contributed by atoms with Gasteiger partial charge < -0.3 is 15.0 Å². The average Bonchev–Trinajstić information content (AvgIpc) is 2.64. The Kier molecular flexibility index (Phi) is 4.80. The van der Waals surface area contributed by atoms with E-state index in [0.717, 1.165) is 37.4 Å². The number of nitrogens with one attached hydrogen (secondary N) is 1. The van der Waals surface area contributed by atoms with Crippen LogP contribution >= 0.6 is 0 Å². The third-order valence-electron chi connectivity index (χ3n) is 3.57. The Morgan fingerprint density at radius 1 is 1.37 bits per heavy atom. The Bertz CT molecular complexity index is 417. The number of hydrogen-bond donors (Lipinski definition) is 1. The number of methoxy groups -OCH3 is 1. The Morgan fingerprint density at radius 2 is 2.11 bits per heavy atom. The van der Waals surface area contributed by atoms with Crippen molar-refractivity contribution in [2.45, 2.75) is 25.8 Å². The van der Waals surface area contributed by atoms with Crippen LogP contribution < -0.4 is 10.1 Å². The van der Waals surface area contributed by atoms with Crippen molar-refractivity contribution in [3.8, 4) is 5.75 Å². The molecule has 1 aliphatic heterocycles. The molecule has 1 saturated heterocycles. The van der Waals surface area contributed by atoms with Gasteiger partial charge in [-0.2, -0.15) is 0 Å². The molecule has 0 bridgehead atoms. The second kappa shape index (κ2) is 6.57. The SMILES string of the molecule is COc1ccc(CC(=O)N2CCNC(C)CC2)cc1. The van der Waals surface area contributed by atoms with E-state index in [1.54, 1.807) is 7.11 Å². The second-order valence-electron chi connectivity index (χ2n) is 5.05. The van der Waals surface area contributed by atoms with E-state index in [9.17, 15) is 4.79 Å². The smallest absolute Gasteiger partial charge is 0.227 e. The minimum atomic E-state index is 0.209. The van der Waals surface area contributed by atoms with Gasteiger partial charge in [0.15, 0.2) is 0 Å². The minimum absolute atomic E-state index is 0.209. The number of benzene rings is 1. The molecule has 0 aromatic heterocycles. The first-order chi connectivity index (χ1) is 9.19. The van der Waals surface area contributed by atoms with Gasteiger partial charge in [-0.15, -0.1) is 0 Å². The summed E-state index contributed by atoms with van der Waals surface area (Å²) >= 11 is 0. The summed E-state index contributed by atoms with van der Waals surface area (Å²) < 4.78 is 5.12. The molecule has 4 heteroatoms. The third kappa shape index (κ3) is 3.96. The van der Waals surface area contributed by atoms with Crippen LogP contribution in [0.2, 0.25) is 0 Å². The predicted octanol–water partition coefficient (Wildman–Crippen LogP) is 1.45. The van der Waals surface area contributed by atoms with Crippen molar-refractivity contribution in [2.75, 3.05) is 26.7 Å². The maximum absolute atomic E-state index is 12.2. The molecule has 1 N–H and O–H groups in total. The molecule has 0 spiro atoms. The van der Waals surface area contributed by atoms with Gasteiger partial charge >= 0.3 is 0 Å². The van der Waals surface area contributed by atoms with Crippen LogP contribution in [0.25, 0.3) is 0 Å². The number of carbonyl (C=O) groups excluding carboxylic acids is 1. The largest absolute Gasteiger partial charge is 0.497 e. The maximum atomic E-state index is 12.2. The van der Waals surface area contributed by atoms with Crippen LogP contribution in [0.15, 0.2) is 24.3 Å². The Morgan fingerprint density at radius 3 is 2.79 bits per heavy atom. The zero-order valence-electron chi connectivity index (χ0n) is 11.7. The highest BCUT2D eigenvalue weighted by atomic mass is 16.5. The Hall–Kier alpha value is -1.55. The number of carbonyl (C=O) groups is 1. The van der Waals surface area contributed by atoms with E-state index in [1.807, 2.05) is 29.2 Å². The van der Waals surface area contributed by atoms with Crippen LogP contribution in [0, 0.1) is 0 Å². The summed E-state index contributed by atoms with van der Waals surface area (Å²) in [5, 5.41) is 3.40. The molecule has 0 radical (unpaired) electrons. The van der Waals surface area contributed by atoms with Crippen LogP contribution in [0.4, 0.5) is 0 Å². The van der Waals surface area contributed by atoms with E-state index in [2.05, 4.69) is 12.2 Å². The molecule has 19 heavy (non-hydrogen) atoms. The molecule has 2 rings (SSSR count). The fourth-order valence-corrected chi connectivity index (χ4v) is 2.29. The topological polar surface area (TPSA) is 41.6 Å². The monoisotopic (exact) mass is 262 g/mol. The molecular weight excluding hydrogens is 240 g/mol. The molecule has 1 heterocycles. The van der Waals surface area contributed by atoms with Crippen molar-refractivity contribution in [1.29, 1.82) is 0 Å². The number of rotatable bonds is 3. The summed E-state index contributed by atoms with van der Waals surface area (Å²) in [5.41, 5.74) is 1.04. The average molecular weight is 262 g/mol. The van der Waals surface area contributed by atoms with Crippen LogP contribution in [0.3, 0.4) is 0 Å². The quantitative estimate of drug-likeness (QED) is 0.896. The van der Waals surface area contributed by atoms with Gasteiger partial charge in [0.1, 0.15) is 5.75 Å². The Balaban J connectivity index is 1.92. The lowest BCUT2D eigenvalue weighted by Gasteiger charge is -2.20. The number of nitrogens with zero attached hydrogens (tertiary/aromatic N) is 1. The summed E-state index contributed by atoms with van der Waals surface area (Å²) in [5.74, 6) is 1.03. The van der Waals surface area contributed by atoms with Crippen LogP contribution in [0.1, 0.15) is 18.9 Å². The van der Waals surface area contributed by atoms with Crippen LogP contribution in [-0.2, 0) is 11.2 Å². The molecule has 1 aliphatic rings. The molecule has 4 nitrogen and oxygen atoms in total. The molecule has 1 amide bonds. The first-order valence-electron chi connectivity index (χ1n) is 6.83. The third-order valence-corrected chi connectivity index (χ3v) is 3.57. The van der Waals surface area contributed by atoms with Gasteiger partial charge in [-0.05, 0) is 31.0 Å². The van der Waals surface area contributed by atoms with Gasteiger partial charge in [-0.1, -0.05) is 12.1 Å². The van der Waals surface area contributed by atoms with E-state index in [1.165, 1.54) is 0 Å². The van der Waals surface area contributed by atoms with Gasteiger partial charge in [0, 0.05) is 25.7 Å². The lowest BCUT2D eigenvalue weighted by atomic mass is 10.1. The van der Waals surface area contributed by atoms with Crippen LogP contribution in [-0.4, -0.2) is 43.6 Å². The van der Waals surface area contributed by atoms with Crippen molar-refractivity contribution in [1.82, 2.24) is 10.2 Å². The van der Waals surface area contributed by atoms with Gasteiger partial charge in [-0.25, -0.2) is 0 Å². The zero-order chi connectivity index (χ0) is 13.7. The summed E-state index contributed by atoms with van der Waals surface area (Å²) in [4.78, 5) is 14.2. The molecule has 1 unspecified atom stereocenters. The standard InChI is InChI=1S/C15H22N2O2/c1-12-7-9-17(10-8-16-12)15(18)11-13-3-5-14(19-2)6-4-13/h3-6,12,16H,7-11H2,1-2H3. The molecule has 104 valence electrons. The van der Waals surface area contributed by atoms with E-state index in [4.69, 9.17) is 4.74 Å².